The summed E-state index contributed by atoms with van der Waals surface area (Å²) in [5.41, 5.74) is 10.2. The molecule has 1 rings (SSSR count). The maximum absolute atomic E-state index is 10.5. The van der Waals surface area contributed by atoms with Crippen LogP contribution >= 0.6 is 0 Å². The highest BCUT2D eigenvalue weighted by Gasteiger charge is 2.42. The normalized spacial score (nSPS) is 39.3. The van der Waals surface area contributed by atoms with Crippen LogP contribution in [-0.4, -0.2) is 47.1 Å². The first-order valence-electron chi connectivity index (χ1n) is 4.06. The minimum atomic E-state index is -1.08. The Morgan fingerprint density at radius 2 is 1.85 bits per heavy atom. The van der Waals surface area contributed by atoms with Gasteiger partial charge in [-0.15, -0.1) is 0 Å². The Morgan fingerprint density at radius 1 is 1.31 bits per heavy atom. The Balaban J connectivity index is 2.55. The van der Waals surface area contributed by atoms with Crippen molar-refractivity contribution in [3.05, 3.63) is 0 Å². The Bertz CT molecular complexity index is 199. The van der Waals surface area contributed by atoms with Crippen molar-refractivity contribution >= 4 is 5.91 Å². The lowest BCUT2D eigenvalue weighted by Crippen LogP contribution is -2.36. The zero-order chi connectivity index (χ0) is 10.0. The van der Waals surface area contributed by atoms with Crippen LogP contribution in [0.2, 0.25) is 0 Å². The van der Waals surface area contributed by atoms with E-state index in [-0.39, 0.29) is 13.0 Å². The molecule has 76 valence electrons. The molecule has 0 bridgehead atoms. The number of aliphatic hydroxyl groups is 2. The van der Waals surface area contributed by atoms with Crippen molar-refractivity contribution in [3.8, 4) is 0 Å². The van der Waals surface area contributed by atoms with Crippen LogP contribution in [0.3, 0.4) is 0 Å². The molecule has 6 N–H and O–H groups in total. The number of hydrogen-bond donors (Lipinski definition) is 4. The van der Waals surface area contributed by atoms with Gasteiger partial charge in [-0.05, 0) is 0 Å². The zero-order valence-corrected chi connectivity index (χ0v) is 7.09. The van der Waals surface area contributed by atoms with Crippen LogP contribution in [-0.2, 0) is 9.53 Å². The second-order valence-electron chi connectivity index (χ2n) is 3.10. The van der Waals surface area contributed by atoms with Gasteiger partial charge in [-0.2, -0.15) is 0 Å². The maximum Gasteiger partial charge on any atom is 0.220 e. The minimum Gasteiger partial charge on any atom is -0.388 e. The molecular weight excluding hydrogens is 176 g/mol. The van der Waals surface area contributed by atoms with Gasteiger partial charge in [0.15, 0.2) is 0 Å². The van der Waals surface area contributed by atoms with Gasteiger partial charge in [0, 0.05) is 6.54 Å². The molecule has 0 radical (unpaired) electrons. The first kappa shape index (κ1) is 10.4. The summed E-state index contributed by atoms with van der Waals surface area (Å²) in [6, 6.07) is 0. The van der Waals surface area contributed by atoms with Gasteiger partial charge in [0.25, 0.3) is 0 Å². The van der Waals surface area contributed by atoms with Crippen LogP contribution in [0, 0.1) is 0 Å². The molecule has 0 saturated carbocycles. The molecule has 0 spiro atoms. The van der Waals surface area contributed by atoms with Gasteiger partial charge in [0.1, 0.15) is 12.2 Å². The van der Waals surface area contributed by atoms with Gasteiger partial charge in [0.2, 0.25) is 5.91 Å². The SMILES string of the molecule is NCC1OC(CC(N)=O)C(O)C1O. The molecule has 1 heterocycles. The number of rotatable bonds is 3. The molecule has 1 saturated heterocycles. The molecule has 0 aromatic carbocycles. The van der Waals surface area contributed by atoms with Crippen LogP contribution in [0.5, 0.6) is 0 Å². The molecule has 0 aliphatic carbocycles. The number of ether oxygens (including phenoxy) is 1. The van der Waals surface area contributed by atoms with Gasteiger partial charge in [0.05, 0.1) is 18.6 Å². The van der Waals surface area contributed by atoms with Crippen molar-refractivity contribution < 1.29 is 19.7 Å². The molecule has 1 amide bonds. The van der Waals surface area contributed by atoms with Crippen LogP contribution in [0.4, 0.5) is 0 Å². The lowest BCUT2D eigenvalue weighted by Gasteiger charge is -2.11. The Labute approximate surface area is 75.5 Å². The molecule has 0 aromatic heterocycles. The summed E-state index contributed by atoms with van der Waals surface area (Å²) in [5.74, 6) is -0.575. The molecule has 1 fully saturated rings. The number of amides is 1. The van der Waals surface area contributed by atoms with Gasteiger partial charge >= 0.3 is 0 Å². The smallest absolute Gasteiger partial charge is 0.220 e. The average Bonchev–Trinajstić information content (AvgIpc) is 2.32. The van der Waals surface area contributed by atoms with E-state index in [1.54, 1.807) is 0 Å². The summed E-state index contributed by atoms with van der Waals surface area (Å²) in [6.45, 7) is 0.105. The molecule has 1 aliphatic rings. The van der Waals surface area contributed by atoms with E-state index in [4.69, 9.17) is 16.2 Å². The second kappa shape index (κ2) is 4.01. The zero-order valence-electron chi connectivity index (χ0n) is 7.09. The third-order valence-electron chi connectivity index (χ3n) is 2.10. The summed E-state index contributed by atoms with van der Waals surface area (Å²) in [6.07, 6.45) is -3.56. The molecule has 1 aliphatic heterocycles. The number of carbonyl (C=O) groups is 1. The number of hydrogen-bond acceptors (Lipinski definition) is 5. The molecule has 13 heavy (non-hydrogen) atoms. The Kier molecular flexibility index (Phi) is 3.21. The van der Waals surface area contributed by atoms with Gasteiger partial charge < -0.3 is 26.4 Å². The fraction of sp³-hybridized carbons (Fsp3) is 0.857. The molecule has 4 unspecified atom stereocenters. The molecule has 0 aromatic rings. The van der Waals surface area contributed by atoms with Gasteiger partial charge in [-0.3, -0.25) is 4.79 Å². The van der Waals surface area contributed by atoms with E-state index in [1.165, 1.54) is 0 Å². The predicted octanol–water partition coefficient (Wildman–Crippen LogP) is -2.69. The van der Waals surface area contributed by atoms with Gasteiger partial charge in [-0.25, -0.2) is 0 Å². The van der Waals surface area contributed by atoms with E-state index in [9.17, 15) is 15.0 Å². The highest BCUT2D eigenvalue weighted by atomic mass is 16.5. The molecule has 6 heteroatoms. The Hall–Kier alpha value is -0.690. The van der Waals surface area contributed by atoms with Gasteiger partial charge in [-0.1, -0.05) is 0 Å². The minimum absolute atomic E-state index is 0.102. The quantitative estimate of drug-likeness (QED) is 0.386. The fourth-order valence-electron chi connectivity index (χ4n) is 1.39. The molecule has 6 nitrogen and oxygen atoms in total. The first-order valence-corrected chi connectivity index (χ1v) is 4.06. The summed E-state index contributed by atoms with van der Waals surface area (Å²) in [4.78, 5) is 10.5. The Morgan fingerprint density at radius 3 is 2.23 bits per heavy atom. The lowest BCUT2D eigenvalue weighted by atomic mass is 10.1. The van der Waals surface area contributed by atoms with E-state index in [0.29, 0.717) is 0 Å². The fourth-order valence-corrected chi connectivity index (χ4v) is 1.39. The lowest BCUT2D eigenvalue weighted by molar-refractivity contribution is -0.121. The third kappa shape index (κ3) is 2.16. The van der Waals surface area contributed by atoms with E-state index in [2.05, 4.69) is 0 Å². The highest BCUT2D eigenvalue weighted by Crippen LogP contribution is 2.22. The summed E-state index contributed by atoms with van der Waals surface area (Å²) < 4.78 is 5.12. The number of nitrogens with two attached hydrogens (primary N) is 2. The van der Waals surface area contributed by atoms with E-state index in [1.807, 2.05) is 0 Å². The average molecular weight is 190 g/mol. The topological polar surface area (TPSA) is 119 Å². The largest absolute Gasteiger partial charge is 0.388 e. The molecular formula is C7H14N2O4. The first-order chi connectivity index (χ1) is 6.06. The number of carbonyl (C=O) groups excluding carboxylic acids is 1. The van der Waals surface area contributed by atoms with Crippen LogP contribution in [0.25, 0.3) is 0 Å². The van der Waals surface area contributed by atoms with E-state index >= 15 is 0 Å². The van der Waals surface area contributed by atoms with Crippen molar-refractivity contribution in [1.29, 1.82) is 0 Å². The third-order valence-corrected chi connectivity index (χ3v) is 2.10. The predicted molar refractivity (Wildman–Crippen MR) is 43.5 cm³/mol. The summed E-state index contributed by atoms with van der Waals surface area (Å²) in [7, 11) is 0. The molecule has 4 atom stereocenters. The van der Waals surface area contributed by atoms with Crippen molar-refractivity contribution in [2.45, 2.75) is 30.8 Å². The van der Waals surface area contributed by atoms with E-state index in [0.717, 1.165) is 0 Å². The number of aliphatic hydroxyl groups excluding tert-OH is 2. The van der Waals surface area contributed by atoms with E-state index < -0.39 is 30.3 Å². The van der Waals surface area contributed by atoms with Crippen molar-refractivity contribution in [1.82, 2.24) is 0 Å². The van der Waals surface area contributed by atoms with Crippen LogP contribution in [0.1, 0.15) is 6.42 Å². The second-order valence-corrected chi connectivity index (χ2v) is 3.10. The summed E-state index contributed by atoms with van der Waals surface area (Å²) >= 11 is 0. The number of primary amides is 1. The van der Waals surface area contributed by atoms with Crippen molar-refractivity contribution in [2.75, 3.05) is 6.54 Å². The standard InChI is InChI=1S/C7H14N2O4/c8-2-4-7(12)6(11)3(13-4)1-5(9)10/h3-4,6-7,11-12H,1-2,8H2,(H2,9,10). The maximum atomic E-state index is 10.5. The van der Waals surface area contributed by atoms with Crippen molar-refractivity contribution in [2.24, 2.45) is 11.5 Å². The van der Waals surface area contributed by atoms with Crippen molar-refractivity contribution in [3.63, 3.8) is 0 Å². The van der Waals surface area contributed by atoms with Crippen LogP contribution < -0.4 is 11.5 Å². The monoisotopic (exact) mass is 190 g/mol. The van der Waals surface area contributed by atoms with Crippen LogP contribution in [0.15, 0.2) is 0 Å². The highest BCUT2D eigenvalue weighted by molar-refractivity contribution is 5.74. The summed E-state index contributed by atoms with van der Waals surface area (Å²) in [5, 5.41) is 18.7.